The summed E-state index contributed by atoms with van der Waals surface area (Å²) in [5.74, 6) is -1.02. The van der Waals surface area contributed by atoms with Crippen LogP contribution in [0.3, 0.4) is 0 Å². The number of aryl methyl sites for hydroxylation is 1. The van der Waals surface area contributed by atoms with Crippen molar-refractivity contribution in [2.75, 3.05) is 0 Å². The summed E-state index contributed by atoms with van der Waals surface area (Å²) < 4.78 is 40.5. The number of nitrogens with one attached hydrogen (secondary N) is 1. The van der Waals surface area contributed by atoms with E-state index in [9.17, 15) is 18.0 Å². The van der Waals surface area contributed by atoms with Crippen molar-refractivity contribution < 1.29 is 18.0 Å². The van der Waals surface area contributed by atoms with Crippen LogP contribution in [0, 0.1) is 0 Å². The van der Waals surface area contributed by atoms with Crippen molar-refractivity contribution in [1.29, 1.82) is 0 Å². The number of aromatic nitrogens is 3. The number of hydrogen-bond donors (Lipinski definition) is 1. The summed E-state index contributed by atoms with van der Waals surface area (Å²) in [5, 5.41) is 5.55. The van der Waals surface area contributed by atoms with E-state index < -0.39 is 18.1 Å². The molecule has 1 amide bonds. The summed E-state index contributed by atoms with van der Waals surface area (Å²) >= 11 is 5.74. The van der Waals surface area contributed by atoms with Crippen LogP contribution < -0.4 is 5.32 Å². The molecule has 0 saturated heterocycles. The van der Waals surface area contributed by atoms with Gasteiger partial charge in [-0.25, -0.2) is 0 Å². The lowest BCUT2D eigenvalue weighted by Crippen LogP contribution is -2.39. The van der Waals surface area contributed by atoms with Crippen LogP contribution in [-0.4, -0.2) is 26.8 Å². The van der Waals surface area contributed by atoms with Gasteiger partial charge in [-0.2, -0.15) is 18.3 Å². The lowest BCUT2D eigenvalue weighted by molar-refractivity contribution is -0.156. The van der Waals surface area contributed by atoms with Crippen molar-refractivity contribution in [2.45, 2.75) is 12.2 Å². The molecule has 1 atom stereocenters. The number of nitrogens with zero attached hydrogens (tertiary/aromatic N) is 3. The number of halogens is 4. The second kappa shape index (κ2) is 5.72. The first-order valence-electron chi connectivity index (χ1n) is 5.76. The van der Waals surface area contributed by atoms with Crippen LogP contribution in [0.2, 0.25) is 5.02 Å². The van der Waals surface area contributed by atoms with Crippen molar-refractivity contribution in [1.82, 2.24) is 20.1 Å². The number of amides is 1. The van der Waals surface area contributed by atoms with Gasteiger partial charge in [0.1, 0.15) is 0 Å². The fourth-order valence-electron chi connectivity index (χ4n) is 1.68. The predicted molar refractivity (Wildman–Crippen MR) is 68.7 cm³/mol. The molecule has 2 heterocycles. The van der Waals surface area contributed by atoms with Gasteiger partial charge in [-0.15, -0.1) is 0 Å². The fourth-order valence-corrected chi connectivity index (χ4v) is 1.95. The molecule has 112 valence electrons. The molecule has 0 bridgehead atoms. The number of alkyl halides is 3. The lowest BCUT2D eigenvalue weighted by atomic mass is 10.1. The molecule has 9 heteroatoms. The van der Waals surface area contributed by atoms with Crippen molar-refractivity contribution in [3.63, 3.8) is 0 Å². The standard InChI is InChI=1S/C12H10ClF3N4O/c1-20-6-7(13)9(19-20)11(21)18-10(12(14,15)16)8-4-2-3-5-17-8/h2-6,10H,1H3,(H,18,21)/t10-/m1/s1. The van der Waals surface area contributed by atoms with Crippen molar-refractivity contribution in [3.05, 3.63) is 47.0 Å². The van der Waals surface area contributed by atoms with Gasteiger partial charge in [0.05, 0.1) is 10.7 Å². The minimum absolute atomic E-state index is 0.0306. The second-order valence-electron chi connectivity index (χ2n) is 4.20. The maximum atomic E-state index is 13.1. The number of hydrogen-bond acceptors (Lipinski definition) is 3. The molecule has 21 heavy (non-hydrogen) atoms. The predicted octanol–water partition coefficient (Wildman–Crippen LogP) is 2.50. The van der Waals surface area contributed by atoms with Gasteiger partial charge in [0.2, 0.25) is 0 Å². The first kappa shape index (κ1) is 15.3. The number of pyridine rings is 1. The molecule has 0 saturated carbocycles. The van der Waals surface area contributed by atoms with E-state index in [-0.39, 0.29) is 16.4 Å². The highest BCUT2D eigenvalue weighted by Gasteiger charge is 2.43. The Morgan fingerprint density at radius 2 is 2.14 bits per heavy atom. The number of carbonyl (C=O) groups excluding carboxylic acids is 1. The van der Waals surface area contributed by atoms with Crippen molar-refractivity contribution in [3.8, 4) is 0 Å². The van der Waals surface area contributed by atoms with Gasteiger partial charge in [-0.3, -0.25) is 14.5 Å². The Bertz CT molecular complexity index is 642. The Hall–Kier alpha value is -2.09. The third kappa shape index (κ3) is 3.52. The first-order valence-corrected chi connectivity index (χ1v) is 6.14. The van der Waals surface area contributed by atoms with Crippen LogP contribution >= 0.6 is 11.6 Å². The maximum Gasteiger partial charge on any atom is 0.414 e. The van der Waals surface area contributed by atoms with Gasteiger partial charge >= 0.3 is 6.18 Å². The first-order chi connectivity index (χ1) is 9.79. The molecular formula is C12H10ClF3N4O. The van der Waals surface area contributed by atoms with E-state index in [2.05, 4.69) is 10.1 Å². The van der Waals surface area contributed by atoms with E-state index >= 15 is 0 Å². The van der Waals surface area contributed by atoms with E-state index in [0.717, 1.165) is 0 Å². The molecule has 0 radical (unpaired) electrons. The van der Waals surface area contributed by atoms with E-state index in [0.29, 0.717) is 0 Å². The van der Waals surface area contributed by atoms with Gasteiger partial charge < -0.3 is 5.32 Å². The summed E-state index contributed by atoms with van der Waals surface area (Å²) in [6.45, 7) is 0. The highest BCUT2D eigenvalue weighted by atomic mass is 35.5. The Balaban J connectivity index is 2.28. The average Bonchev–Trinajstić information content (AvgIpc) is 2.74. The molecule has 5 nitrogen and oxygen atoms in total. The van der Waals surface area contributed by atoms with Gasteiger partial charge in [0.15, 0.2) is 11.7 Å². The Kier molecular flexibility index (Phi) is 4.17. The summed E-state index contributed by atoms with van der Waals surface area (Å²) in [6, 6.07) is 1.83. The molecule has 2 aromatic rings. The van der Waals surface area contributed by atoms with E-state index in [4.69, 9.17) is 11.6 Å². The second-order valence-corrected chi connectivity index (χ2v) is 4.61. The fraction of sp³-hybridized carbons (Fsp3) is 0.250. The Morgan fingerprint density at radius 3 is 2.62 bits per heavy atom. The van der Waals surface area contributed by atoms with E-state index in [1.54, 1.807) is 0 Å². The van der Waals surface area contributed by atoms with Crippen LogP contribution in [0.4, 0.5) is 13.2 Å². The summed E-state index contributed by atoms with van der Waals surface area (Å²) in [5.41, 5.74) is -0.588. The molecule has 0 aliphatic rings. The quantitative estimate of drug-likeness (QED) is 0.946. The zero-order valence-corrected chi connectivity index (χ0v) is 11.5. The average molecular weight is 319 g/mol. The van der Waals surface area contributed by atoms with Gasteiger partial charge in [-0.05, 0) is 12.1 Å². The monoisotopic (exact) mass is 318 g/mol. The number of carbonyl (C=O) groups is 1. The summed E-state index contributed by atoms with van der Waals surface area (Å²) in [4.78, 5) is 15.5. The van der Waals surface area contributed by atoms with Gasteiger partial charge in [-0.1, -0.05) is 17.7 Å². The molecule has 0 aliphatic heterocycles. The van der Waals surface area contributed by atoms with Crippen molar-refractivity contribution >= 4 is 17.5 Å². The highest BCUT2D eigenvalue weighted by molar-refractivity contribution is 6.33. The van der Waals surface area contributed by atoms with Gasteiger partial charge in [0.25, 0.3) is 5.91 Å². The smallest absolute Gasteiger partial charge is 0.334 e. The molecule has 2 aromatic heterocycles. The zero-order valence-electron chi connectivity index (χ0n) is 10.7. The summed E-state index contributed by atoms with van der Waals surface area (Å²) in [6.07, 6.45) is -2.15. The molecule has 0 fully saturated rings. The SMILES string of the molecule is Cn1cc(Cl)c(C(=O)N[C@H](c2ccccn2)C(F)(F)F)n1. The highest BCUT2D eigenvalue weighted by Crippen LogP contribution is 2.32. The molecule has 0 aliphatic carbocycles. The van der Waals surface area contributed by atoms with Crippen LogP contribution in [-0.2, 0) is 7.05 Å². The number of rotatable bonds is 3. The third-order valence-electron chi connectivity index (χ3n) is 2.59. The third-order valence-corrected chi connectivity index (χ3v) is 2.86. The maximum absolute atomic E-state index is 13.1. The molecular weight excluding hydrogens is 309 g/mol. The van der Waals surface area contributed by atoms with Crippen LogP contribution in [0.25, 0.3) is 0 Å². The van der Waals surface area contributed by atoms with Crippen LogP contribution in [0.15, 0.2) is 30.6 Å². The van der Waals surface area contributed by atoms with Crippen LogP contribution in [0.1, 0.15) is 22.2 Å². The Labute approximate surface area is 122 Å². The molecule has 0 aromatic carbocycles. The molecule has 2 rings (SSSR count). The van der Waals surface area contributed by atoms with E-state index in [1.807, 2.05) is 5.32 Å². The summed E-state index contributed by atoms with van der Waals surface area (Å²) in [7, 11) is 1.50. The molecule has 0 spiro atoms. The largest absolute Gasteiger partial charge is 0.414 e. The Morgan fingerprint density at radius 1 is 1.43 bits per heavy atom. The normalized spacial score (nSPS) is 13.0. The minimum atomic E-state index is -4.69. The molecule has 0 unspecified atom stereocenters. The lowest BCUT2D eigenvalue weighted by Gasteiger charge is -2.20. The van der Waals surface area contributed by atoms with Crippen molar-refractivity contribution in [2.24, 2.45) is 7.05 Å². The van der Waals surface area contributed by atoms with Gasteiger partial charge in [0, 0.05) is 19.4 Å². The topological polar surface area (TPSA) is 59.8 Å². The van der Waals surface area contributed by atoms with Crippen LogP contribution in [0.5, 0.6) is 0 Å². The van der Waals surface area contributed by atoms with E-state index in [1.165, 1.54) is 42.3 Å². The molecule has 1 N–H and O–H groups in total. The minimum Gasteiger partial charge on any atom is -0.334 e. The zero-order chi connectivity index (χ0) is 15.6.